The average molecular weight is 326 g/mol. The molecule has 7 heteroatoms. The van der Waals surface area contributed by atoms with Crippen LogP contribution >= 0.6 is 11.6 Å². The molecule has 0 saturated heterocycles. The fourth-order valence-electron chi connectivity index (χ4n) is 1.87. The van der Waals surface area contributed by atoms with Crippen LogP contribution in [0.15, 0.2) is 18.2 Å². The molecular weight excluding hydrogens is 310 g/mol. The Kier molecular flexibility index (Phi) is 6.01. The maximum Gasteiger partial charge on any atom is 0.416 e. The molecule has 0 aliphatic rings. The van der Waals surface area contributed by atoms with E-state index >= 15 is 0 Å². The molecule has 1 unspecified atom stereocenters. The Hall–Kier alpha value is -1.30. The van der Waals surface area contributed by atoms with Gasteiger partial charge in [-0.15, -0.1) is 11.6 Å². The summed E-state index contributed by atoms with van der Waals surface area (Å²) in [5, 5.41) is 2.46. The fourth-order valence-corrected chi connectivity index (χ4v) is 2.07. The molecule has 1 amide bonds. The Morgan fingerprint density at radius 1 is 1.33 bits per heavy atom. The van der Waals surface area contributed by atoms with Gasteiger partial charge >= 0.3 is 6.18 Å². The van der Waals surface area contributed by atoms with Crippen LogP contribution in [-0.4, -0.2) is 17.8 Å². The van der Waals surface area contributed by atoms with Crippen LogP contribution in [0.4, 0.5) is 17.6 Å². The zero-order valence-electron chi connectivity index (χ0n) is 11.6. The SMILES string of the molecule is CC(C)CC(CCl)NC(=O)c1cc(C(F)(F)F)ccc1F. The van der Waals surface area contributed by atoms with E-state index in [1.165, 1.54) is 0 Å². The van der Waals surface area contributed by atoms with Crippen molar-refractivity contribution in [2.45, 2.75) is 32.5 Å². The van der Waals surface area contributed by atoms with E-state index in [0.717, 1.165) is 0 Å². The number of alkyl halides is 4. The molecule has 1 aromatic carbocycles. The minimum absolute atomic E-state index is 0.102. The van der Waals surface area contributed by atoms with Gasteiger partial charge < -0.3 is 5.32 Å². The molecule has 0 radical (unpaired) electrons. The standard InChI is InChI=1S/C14H16ClF4NO/c1-8(2)5-10(7-15)20-13(21)11-6-9(14(17,18)19)3-4-12(11)16/h3-4,6,8,10H,5,7H2,1-2H3,(H,20,21). The molecule has 2 nitrogen and oxygen atoms in total. The van der Waals surface area contributed by atoms with Crippen LogP contribution in [0.2, 0.25) is 0 Å². The Labute approximate surface area is 125 Å². The number of carbonyl (C=O) groups is 1. The van der Waals surface area contributed by atoms with Gasteiger partial charge in [0.05, 0.1) is 11.1 Å². The quantitative estimate of drug-likeness (QED) is 0.637. The number of carbonyl (C=O) groups excluding carboxylic acids is 1. The van der Waals surface area contributed by atoms with E-state index in [9.17, 15) is 22.4 Å². The summed E-state index contributed by atoms with van der Waals surface area (Å²) in [6, 6.07) is 1.31. The summed E-state index contributed by atoms with van der Waals surface area (Å²) in [7, 11) is 0. The van der Waals surface area contributed by atoms with Crippen molar-refractivity contribution in [1.29, 1.82) is 0 Å². The minimum Gasteiger partial charge on any atom is -0.348 e. The molecule has 0 bridgehead atoms. The van der Waals surface area contributed by atoms with Crippen molar-refractivity contribution in [3.63, 3.8) is 0 Å². The monoisotopic (exact) mass is 325 g/mol. The Morgan fingerprint density at radius 3 is 2.43 bits per heavy atom. The highest BCUT2D eigenvalue weighted by Gasteiger charge is 2.32. The van der Waals surface area contributed by atoms with Crippen LogP contribution in [0.5, 0.6) is 0 Å². The number of nitrogens with one attached hydrogen (secondary N) is 1. The molecule has 0 aliphatic heterocycles. The summed E-state index contributed by atoms with van der Waals surface area (Å²) in [4.78, 5) is 11.9. The van der Waals surface area contributed by atoms with Gasteiger partial charge in [0.2, 0.25) is 0 Å². The highest BCUT2D eigenvalue weighted by atomic mass is 35.5. The summed E-state index contributed by atoms with van der Waals surface area (Å²) in [5.74, 6) is -1.56. The lowest BCUT2D eigenvalue weighted by atomic mass is 10.0. The molecule has 118 valence electrons. The second kappa shape index (κ2) is 7.11. The summed E-state index contributed by atoms with van der Waals surface area (Å²) in [5.41, 5.74) is -1.70. The summed E-state index contributed by atoms with van der Waals surface area (Å²) < 4.78 is 51.3. The van der Waals surface area contributed by atoms with E-state index < -0.39 is 35.1 Å². The van der Waals surface area contributed by atoms with Gasteiger partial charge in [0.15, 0.2) is 0 Å². The zero-order chi connectivity index (χ0) is 16.2. The van der Waals surface area contributed by atoms with E-state index in [-0.39, 0.29) is 11.8 Å². The summed E-state index contributed by atoms with van der Waals surface area (Å²) >= 11 is 5.70. The van der Waals surface area contributed by atoms with Crippen molar-refractivity contribution in [3.8, 4) is 0 Å². The van der Waals surface area contributed by atoms with E-state index in [2.05, 4.69) is 5.32 Å². The number of halogens is 5. The van der Waals surface area contributed by atoms with Gasteiger partial charge in [-0.05, 0) is 30.5 Å². The maximum absolute atomic E-state index is 13.6. The Morgan fingerprint density at radius 2 is 1.95 bits per heavy atom. The van der Waals surface area contributed by atoms with Gasteiger partial charge in [0.1, 0.15) is 5.82 Å². The molecular formula is C14H16ClF4NO. The summed E-state index contributed by atoms with van der Waals surface area (Å²) in [6.45, 7) is 3.83. The van der Waals surface area contributed by atoms with Crippen molar-refractivity contribution >= 4 is 17.5 Å². The maximum atomic E-state index is 13.6. The highest BCUT2D eigenvalue weighted by molar-refractivity contribution is 6.18. The van der Waals surface area contributed by atoms with E-state index in [4.69, 9.17) is 11.6 Å². The molecule has 0 fully saturated rings. The van der Waals surface area contributed by atoms with Crippen molar-refractivity contribution < 1.29 is 22.4 Å². The largest absolute Gasteiger partial charge is 0.416 e. The molecule has 1 atom stereocenters. The predicted octanol–water partition coefficient (Wildman–Crippen LogP) is 4.23. The lowest BCUT2D eigenvalue weighted by molar-refractivity contribution is -0.137. The molecule has 0 saturated carbocycles. The third-order valence-electron chi connectivity index (χ3n) is 2.82. The summed E-state index contributed by atoms with van der Waals surface area (Å²) in [6.07, 6.45) is -4.08. The van der Waals surface area contributed by atoms with Crippen molar-refractivity contribution in [1.82, 2.24) is 5.32 Å². The van der Waals surface area contributed by atoms with Gasteiger partial charge in [-0.1, -0.05) is 13.8 Å². The van der Waals surface area contributed by atoms with E-state index in [1.807, 2.05) is 13.8 Å². The van der Waals surface area contributed by atoms with Gasteiger partial charge in [-0.2, -0.15) is 13.2 Å². The Bertz CT molecular complexity index is 502. The van der Waals surface area contributed by atoms with Crippen LogP contribution in [0, 0.1) is 11.7 Å². The zero-order valence-corrected chi connectivity index (χ0v) is 12.4. The topological polar surface area (TPSA) is 29.1 Å². The lowest BCUT2D eigenvalue weighted by Gasteiger charge is -2.18. The first-order valence-corrected chi connectivity index (χ1v) is 6.92. The third-order valence-corrected chi connectivity index (χ3v) is 3.19. The number of amides is 1. The molecule has 0 aliphatic carbocycles. The van der Waals surface area contributed by atoms with Crippen LogP contribution in [-0.2, 0) is 6.18 Å². The minimum atomic E-state index is -4.63. The third kappa shape index (κ3) is 5.19. The van der Waals surface area contributed by atoms with Crippen LogP contribution in [0.25, 0.3) is 0 Å². The highest BCUT2D eigenvalue weighted by Crippen LogP contribution is 2.30. The Balaban J connectivity index is 2.96. The molecule has 1 N–H and O–H groups in total. The van der Waals surface area contributed by atoms with Crippen molar-refractivity contribution in [2.75, 3.05) is 5.88 Å². The predicted molar refractivity (Wildman–Crippen MR) is 72.8 cm³/mol. The molecule has 1 aromatic rings. The lowest BCUT2D eigenvalue weighted by Crippen LogP contribution is -2.37. The number of benzene rings is 1. The molecule has 0 aromatic heterocycles. The number of hydrogen-bond donors (Lipinski definition) is 1. The fraction of sp³-hybridized carbons (Fsp3) is 0.500. The number of hydrogen-bond acceptors (Lipinski definition) is 1. The molecule has 1 rings (SSSR count). The van der Waals surface area contributed by atoms with Crippen molar-refractivity contribution in [2.24, 2.45) is 5.92 Å². The normalized spacial score (nSPS) is 13.3. The van der Waals surface area contributed by atoms with E-state index in [1.54, 1.807) is 0 Å². The first-order chi connectivity index (χ1) is 9.65. The van der Waals surface area contributed by atoms with Gasteiger partial charge in [0.25, 0.3) is 5.91 Å². The molecule has 0 spiro atoms. The second-order valence-corrected chi connectivity index (χ2v) is 5.46. The van der Waals surface area contributed by atoms with Crippen LogP contribution in [0.3, 0.4) is 0 Å². The van der Waals surface area contributed by atoms with E-state index in [0.29, 0.717) is 24.6 Å². The second-order valence-electron chi connectivity index (χ2n) is 5.15. The van der Waals surface area contributed by atoms with Gasteiger partial charge in [-0.3, -0.25) is 4.79 Å². The van der Waals surface area contributed by atoms with Crippen LogP contribution in [0.1, 0.15) is 36.2 Å². The molecule has 21 heavy (non-hydrogen) atoms. The molecule has 0 heterocycles. The number of rotatable bonds is 5. The van der Waals surface area contributed by atoms with Gasteiger partial charge in [-0.25, -0.2) is 4.39 Å². The van der Waals surface area contributed by atoms with Gasteiger partial charge in [0, 0.05) is 11.9 Å². The van der Waals surface area contributed by atoms with Crippen molar-refractivity contribution in [3.05, 3.63) is 35.1 Å². The average Bonchev–Trinajstić information content (AvgIpc) is 2.36. The first kappa shape index (κ1) is 17.8. The smallest absolute Gasteiger partial charge is 0.348 e. The van der Waals surface area contributed by atoms with Crippen LogP contribution < -0.4 is 5.32 Å². The first-order valence-electron chi connectivity index (χ1n) is 6.38.